The average Bonchev–Trinajstić information content (AvgIpc) is 2.95. The maximum atomic E-state index is 12.8. The van der Waals surface area contributed by atoms with Crippen LogP contribution in [-0.4, -0.2) is 21.4 Å². The van der Waals surface area contributed by atoms with E-state index >= 15 is 0 Å². The van der Waals surface area contributed by atoms with Crippen LogP contribution in [-0.2, 0) is 4.79 Å². The molecule has 3 aromatic rings. The first-order chi connectivity index (χ1) is 12.5. The number of nitrogens with one attached hydrogen (secondary N) is 1. The fraction of sp³-hybridized carbons (Fsp3) is 0.150. The molecule has 0 aliphatic carbocycles. The van der Waals surface area contributed by atoms with Crippen molar-refractivity contribution in [2.24, 2.45) is 5.73 Å². The molecule has 0 saturated carbocycles. The Balaban J connectivity index is 1.92. The number of carbonyl (C=O) groups excluding carboxylic acids is 2. The molecule has 132 valence electrons. The number of nitrogens with zero attached hydrogens (tertiary/aromatic N) is 2. The minimum Gasteiger partial charge on any atom is -0.368 e. The fourth-order valence-corrected chi connectivity index (χ4v) is 3.05. The highest BCUT2D eigenvalue weighted by atomic mass is 16.2. The molecule has 1 aromatic carbocycles. The summed E-state index contributed by atoms with van der Waals surface area (Å²) in [6, 6.07) is 13.6. The van der Waals surface area contributed by atoms with Crippen molar-refractivity contribution in [1.82, 2.24) is 14.9 Å². The summed E-state index contributed by atoms with van der Waals surface area (Å²) in [6.07, 6.45) is 3.43. The van der Waals surface area contributed by atoms with Crippen molar-refractivity contribution in [2.45, 2.75) is 19.9 Å². The van der Waals surface area contributed by atoms with E-state index in [1.54, 1.807) is 42.7 Å². The highest BCUT2D eigenvalue weighted by Gasteiger charge is 2.23. The van der Waals surface area contributed by atoms with Gasteiger partial charge in [0.15, 0.2) is 0 Å². The molecule has 3 rings (SSSR count). The van der Waals surface area contributed by atoms with Gasteiger partial charge in [0.05, 0.1) is 17.4 Å². The van der Waals surface area contributed by atoms with Crippen molar-refractivity contribution >= 4 is 11.8 Å². The maximum absolute atomic E-state index is 12.8. The standard InChI is InChI=1S/C20H20N4O2/c1-13-11-17(14(2)24(13)16-9-6-10-22-12-16)20(26)23-18(19(21)25)15-7-4-3-5-8-15/h3-12,18H,1-2H3,(H2,21,25)(H,23,26). The summed E-state index contributed by atoms with van der Waals surface area (Å²) in [5.41, 5.74) is 9.17. The fourth-order valence-electron chi connectivity index (χ4n) is 3.05. The number of pyridine rings is 1. The average molecular weight is 348 g/mol. The molecule has 0 aliphatic rings. The molecule has 0 fully saturated rings. The zero-order chi connectivity index (χ0) is 18.7. The second-order valence-corrected chi connectivity index (χ2v) is 6.05. The SMILES string of the molecule is Cc1cc(C(=O)NC(C(N)=O)c2ccccc2)c(C)n1-c1cccnc1. The Kier molecular flexibility index (Phi) is 4.84. The predicted molar refractivity (Wildman–Crippen MR) is 98.9 cm³/mol. The molecule has 1 atom stereocenters. The summed E-state index contributed by atoms with van der Waals surface area (Å²) in [5.74, 6) is -0.952. The van der Waals surface area contributed by atoms with Gasteiger partial charge in [0, 0.05) is 17.6 Å². The van der Waals surface area contributed by atoms with Gasteiger partial charge in [0.1, 0.15) is 6.04 Å². The van der Waals surface area contributed by atoms with Gasteiger partial charge in [-0.15, -0.1) is 0 Å². The normalized spacial score (nSPS) is 11.8. The molecular formula is C20H20N4O2. The van der Waals surface area contributed by atoms with Crippen LogP contribution in [0.4, 0.5) is 0 Å². The minimum atomic E-state index is -0.884. The van der Waals surface area contributed by atoms with Gasteiger partial charge in [-0.05, 0) is 37.6 Å². The minimum absolute atomic E-state index is 0.346. The third kappa shape index (κ3) is 3.35. The molecule has 2 heterocycles. The van der Waals surface area contributed by atoms with Crippen molar-refractivity contribution in [3.63, 3.8) is 0 Å². The number of aromatic nitrogens is 2. The Labute approximate surface area is 151 Å². The molecule has 1 unspecified atom stereocenters. The van der Waals surface area contributed by atoms with E-state index in [1.807, 2.05) is 36.6 Å². The molecular weight excluding hydrogens is 328 g/mol. The first-order valence-electron chi connectivity index (χ1n) is 8.23. The Morgan fingerprint density at radius 1 is 1.12 bits per heavy atom. The van der Waals surface area contributed by atoms with E-state index in [-0.39, 0.29) is 5.91 Å². The summed E-state index contributed by atoms with van der Waals surface area (Å²) in [4.78, 5) is 28.8. The van der Waals surface area contributed by atoms with Gasteiger partial charge in [-0.2, -0.15) is 0 Å². The molecule has 0 spiro atoms. The first-order valence-corrected chi connectivity index (χ1v) is 8.23. The van der Waals surface area contributed by atoms with Crippen molar-refractivity contribution < 1.29 is 9.59 Å². The second kappa shape index (κ2) is 7.23. The van der Waals surface area contributed by atoms with Crippen LogP contribution in [0.2, 0.25) is 0 Å². The summed E-state index contributed by atoms with van der Waals surface area (Å²) in [5, 5.41) is 2.74. The number of hydrogen-bond donors (Lipinski definition) is 2. The van der Waals surface area contributed by atoms with Crippen LogP contribution in [0.3, 0.4) is 0 Å². The highest BCUT2D eigenvalue weighted by Crippen LogP contribution is 2.21. The van der Waals surface area contributed by atoms with Crippen molar-refractivity contribution in [3.05, 3.63) is 83.4 Å². The van der Waals surface area contributed by atoms with Crippen LogP contribution in [0.15, 0.2) is 60.9 Å². The molecule has 2 amide bonds. The summed E-state index contributed by atoms with van der Waals surface area (Å²) >= 11 is 0. The van der Waals surface area contributed by atoms with Crippen molar-refractivity contribution in [3.8, 4) is 5.69 Å². The van der Waals surface area contributed by atoms with Gasteiger partial charge in [-0.3, -0.25) is 14.6 Å². The van der Waals surface area contributed by atoms with Gasteiger partial charge >= 0.3 is 0 Å². The van der Waals surface area contributed by atoms with Gasteiger partial charge < -0.3 is 15.6 Å². The highest BCUT2D eigenvalue weighted by molar-refractivity contribution is 5.99. The monoisotopic (exact) mass is 348 g/mol. The Hall–Kier alpha value is -3.41. The van der Waals surface area contributed by atoms with E-state index in [9.17, 15) is 9.59 Å². The predicted octanol–water partition coefficient (Wildman–Crippen LogP) is 2.45. The van der Waals surface area contributed by atoms with Crippen LogP contribution in [0.5, 0.6) is 0 Å². The van der Waals surface area contributed by atoms with Crippen molar-refractivity contribution in [1.29, 1.82) is 0 Å². The quantitative estimate of drug-likeness (QED) is 0.742. The Bertz CT molecular complexity index is 933. The lowest BCUT2D eigenvalue weighted by Crippen LogP contribution is -2.37. The largest absolute Gasteiger partial charge is 0.368 e. The van der Waals surface area contributed by atoms with Crippen LogP contribution in [0, 0.1) is 13.8 Å². The van der Waals surface area contributed by atoms with Gasteiger partial charge in [-0.25, -0.2) is 0 Å². The number of benzene rings is 1. The van der Waals surface area contributed by atoms with Crippen LogP contribution >= 0.6 is 0 Å². The lowest BCUT2D eigenvalue weighted by molar-refractivity contribution is -0.120. The van der Waals surface area contributed by atoms with E-state index in [0.29, 0.717) is 11.1 Å². The lowest BCUT2D eigenvalue weighted by atomic mass is 10.1. The number of primary amides is 1. The summed E-state index contributed by atoms with van der Waals surface area (Å²) < 4.78 is 1.95. The summed E-state index contributed by atoms with van der Waals surface area (Å²) in [6.45, 7) is 3.77. The molecule has 0 aliphatic heterocycles. The third-order valence-electron chi connectivity index (χ3n) is 4.27. The Morgan fingerprint density at radius 2 is 1.85 bits per heavy atom. The molecule has 0 radical (unpaired) electrons. The molecule has 2 aromatic heterocycles. The molecule has 0 saturated heterocycles. The molecule has 3 N–H and O–H groups in total. The number of carbonyl (C=O) groups is 2. The van der Waals surface area contributed by atoms with E-state index < -0.39 is 11.9 Å². The molecule has 0 bridgehead atoms. The number of amides is 2. The van der Waals surface area contributed by atoms with Crippen LogP contribution in [0.25, 0.3) is 5.69 Å². The number of nitrogens with two attached hydrogens (primary N) is 1. The first kappa shape index (κ1) is 17.4. The zero-order valence-electron chi connectivity index (χ0n) is 14.6. The van der Waals surface area contributed by atoms with Gasteiger partial charge in [0.2, 0.25) is 5.91 Å². The van der Waals surface area contributed by atoms with Gasteiger partial charge in [0.25, 0.3) is 5.91 Å². The topological polar surface area (TPSA) is 90.0 Å². The number of rotatable bonds is 5. The Morgan fingerprint density at radius 3 is 2.46 bits per heavy atom. The van der Waals surface area contributed by atoms with E-state index in [1.165, 1.54) is 0 Å². The maximum Gasteiger partial charge on any atom is 0.254 e. The van der Waals surface area contributed by atoms with Crippen molar-refractivity contribution in [2.75, 3.05) is 0 Å². The van der Waals surface area contributed by atoms with E-state index in [4.69, 9.17) is 5.73 Å². The second-order valence-electron chi connectivity index (χ2n) is 6.05. The van der Waals surface area contributed by atoms with Gasteiger partial charge in [-0.1, -0.05) is 30.3 Å². The van der Waals surface area contributed by atoms with E-state index in [0.717, 1.165) is 17.1 Å². The molecule has 6 heteroatoms. The molecule has 26 heavy (non-hydrogen) atoms. The van der Waals surface area contributed by atoms with E-state index in [2.05, 4.69) is 10.3 Å². The lowest BCUT2D eigenvalue weighted by Gasteiger charge is -2.16. The number of hydrogen-bond acceptors (Lipinski definition) is 3. The summed E-state index contributed by atoms with van der Waals surface area (Å²) in [7, 11) is 0. The van der Waals surface area contributed by atoms with Crippen LogP contribution < -0.4 is 11.1 Å². The molecule has 6 nitrogen and oxygen atoms in total. The smallest absolute Gasteiger partial charge is 0.254 e. The zero-order valence-corrected chi connectivity index (χ0v) is 14.6. The van der Waals surface area contributed by atoms with Crippen LogP contribution in [0.1, 0.15) is 33.4 Å². The number of aryl methyl sites for hydroxylation is 1. The third-order valence-corrected chi connectivity index (χ3v) is 4.27.